The maximum Gasteiger partial charge on any atom is 0.124 e. The molecule has 0 fully saturated rings. The minimum Gasteiger partial charge on any atom is -0.312 e. The maximum atomic E-state index is 5.00. The molecule has 3 rings (SSSR count). The van der Waals surface area contributed by atoms with Gasteiger partial charge in [0.25, 0.3) is 0 Å². The Morgan fingerprint density at radius 1 is 1.29 bits per heavy atom. The van der Waals surface area contributed by atoms with Crippen LogP contribution in [-0.4, -0.2) is 12.0 Å². The number of thiazole rings is 1. The number of benzene rings is 1. The van der Waals surface area contributed by atoms with Gasteiger partial charge in [-0.15, -0.1) is 11.3 Å². The summed E-state index contributed by atoms with van der Waals surface area (Å²) < 4.78 is 0. The molecule has 1 atom stereocenters. The minimum atomic E-state index is 0.327. The van der Waals surface area contributed by atoms with Crippen molar-refractivity contribution in [1.82, 2.24) is 10.3 Å². The number of nitrogens with zero attached hydrogens (tertiary/aromatic N) is 1. The van der Waals surface area contributed by atoms with Crippen LogP contribution in [0.5, 0.6) is 0 Å². The summed E-state index contributed by atoms with van der Waals surface area (Å²) in [5, 5.41) is 4.66. The van der Waals surface area contributed by atoms with Crippen LogP contribution in [0.25, 0.3) is 10.6 Å². The summed E-state index contributed by atoms with van der Waals surface area (Å²) >= 11 is 1.87. The van der Waals surface area contributed by atoms with E-state index < -0.39 is 0 Å². The van der Waals surface area contributed by atoms with Gasteiger partial charge in [-0.05, 0) is 50.8 Å². The Labute approximate surface area is 131 Å². The fourth-order valence-electron chi connectivity index (χ4n) is 3.25. The van der Waals surface area contributed by atoms with Gasteiger partial charge in [-0.25, -0.2) is 4.98 Å². The number of hydrogen-bond acceptors (Lipinski definition) is 3. The highest BCUT2D eigenvalue weighted by atomic mass is 32.1. The van der Waals surface area contributed by atoms with Gasteiger partial charge in [-0.1, -0.05) is 31.5 Å². The van der Waals surface area contributed by atoms with E-state index in [1.807, 2.05) is 11.3 Å². The highest BCUT2D eigenvalue weighted by Gasteiger charge is 2.34. The van der Waals surface area contributed by atoms with E-state index in [1.165, 1.54) is 38.7 Å². The Morgan fingerprint density at radius 3 is 2.76 bits per heavy atom. The summed E-state index contributed by atoms with van der Waals surface area (Å²) in [5.41, 5.74) is 5.53. The first kappa shape index (κ1) is 14.7. The van der Waals surface area contributed by atoms with Crippen LogP contribution in [0.4, 0.5) is 0 Å². The summed E-state index contributed by atoms with van der Waals surface area (Å²) in [7, 11) is 2.06. The number of aryl methyl sites for hydroxylation is 2. The molecule has 0 saturated heterocycles. The summed E-state index contributed by atoms with van der Waals surface area (Å²) in [6.45, 7) is 9.01. The van der Waals surface area contributed by atoms with E-state index in [2.05, 4.69) is 58.3 Å². The van der Waals surface area contributed by atoms with Crippen molar-refractivity contribution >= 4 is 11.3 Å². The molecule has 0 saturated carbocycles. The average Bonchev–Trinajstić information content (AvgIpc) is 2.82. The third kappa shape index (κ3) is 2.77. The Balaban J connectivity index is 2.08. The SMILES string of the molecule is CNC1CC(C)(C)Cc2nc(-c3cc(C)ccc3C)sc21. The zero-order chi connectivity index (χ0) is 15.2. The van der Waals surface area contributed by atoms with Gasteiger partial charge in [0.05, 0.1) is 5.69 Å². The maximum absolute atomic E-state index is 5.00. The zero-order valence-electron chi connectivity index (χ0n) is 13.6. The number of aromatic nitrogens is 1. The van der Waals surface area contributed by atoms with Crippen LogP contribution in [0.15, 0.2) is 18.2 Å². The molecule has 3 heteroatoms. The van der Waals surface area contributed by atoms with Crippen LogP contribution in [0.2, 0.25) is 0 Å². The van der Waals surface area contributed by atoms with E-state index in [0.29, 0.717) is 11.5 Å². The molecule has 1 aliphatic rings. The molecule has 1 unspecified atom stereocenters. The van der Waals surface area contributed by atoms with Crippen molar-refractivity contribution in [3.05, 3.63) is 39.9 Å². The second-order valence-corrected chi connectivity index (χ2v) is 8.07. The van der Waals surface area contributed by atoms with E-state index >= 15 is 0 Å². The number of fused-ring (bicyclic) bond motifs is 1. The molecular weight excluding hydrogens is 276 g/mol. The van der Waals surface area contributed by atoms with Crippen LogP contribution in [0.1, 0.15) is 48.0 Å². The van der Waals surface area contributed by atoms with Gasteiger partial charge in [0.15, 0.2) is 0 Å². The minimum absolute atomic E-state index is 0.327. The van der Waals surface area contributed by atoms with E-state index in [4.69, 9.17) is 4.98 Å². The lowest BCUT2D eigenvalue weighted by Gasteiger charge is -2.34. The van der Waals surface area contributed by atoms with Gasteiger partial charge < -0.3 is 5.32 Å². The van der Waals surface area contributed by atoms with Gasteiger partial charge in [-0.2, -0.15) is 0 Å². The second-order valence-electron chi connectivity index (χ2n) is 7.03. The summed E-state index contributed by atoms with van der Waals surface area (Å²) in [5.74, 6) is 0. The van der Waals surface area contributed by atoms with Crippen molar-refractivity contribution in [1.29, 1.82) is 0 Å². The van der Waals surface area contributed by atoms with Crippen LogP contribution < -0.4 is 5.32 Å². The van der Waals surface area contributed by atoms with E-state index in [9.17, 15) is 0 Å². The number of rotatable bonds is 2. The molecule has 0 amide bonds. The molecule has 2 aromatic rings. The number of nitrogens with one attached hydrogen (secondary N) is 1. The summed E-state index contributed by atoms with van der Waals surface area (Å²) in [6.07, 6.45) is 2.27. The molecule has 0 radical (unpaired) electrons. The van der Waals surface area contributed by atoms with Crippen LogP contribution >= 0.6 is 11.3 Å². The molecule has 1 N–H and O–H groups in total. The molecule has 0 aliphatic heterocycles. The van der Waals surface area contributed by atoms with E-state index in [-0.39, 0.29) is 0 Å². The molecule has 112 valence electrons. The van der Waals surface area contributed by atoms with Gasteiger partial charge in [0.2, 0.25) is 0 Å². The molecule has 2 nitrogen and oxygen atoms in total. The molecule has 21 heavy (non-hydrogen) atoms. The second kappa shape index (κ2) is 5.22. The highest BCUT2D eigenvalue weighted by molar-refractivity contribution is 7.15. The van der Waals surface area contributed by atoms with Crippen molar-refractivity contribution in [3.8, 4) is 10.6 Å². The lowest BCUT2D eigenvalue weighted by Crippen LogP contribution is -2.30. The van der Waals surface area contributed by atoms with Crippen molar-refractivity contribution in [2.24, 2.45) is 5.41 Å². The molecule has 0 spiro atoms. The molecule has 1 heterocycles. The molecule has 1 aromatic heterocycles. The van der Waals surface area contributed by atoms with E-state index in [1.54, 1.807) is 0 Å². The van der Waals surface area contributed by atoms with Gasteiger partial charge in [-0.3, -0.25) is 0 Å². The largest absolute Gasteiger partial charge is 0.312 e. The first-order valence-electron chi connectivity index (χ1n) is 7.64. The monoisotopic (exact) mass is 300 g/mol. The lowest BCUT2D eigenvalue weighted by molar-refractivity contribution is 0.265. The van der Waals surface area contributed by atoms with Crippen LogP contribution in [-0.2, 0) is 6.42 Å². The normalized spacial score (nSPS) is 20.3. The number of hydrogen-bond donors (Lipinski definition) is 1. The average molecular weight is 300 g/mol. The van der Waals surface area contributed by atoms with Crippen molar-refractivity contribution in [2.75, 3.05) is 7.05 Å². The topological polar surface area (TPSA) is 24.9 Å². The molecular formula is C18H24N2S. The Bertz CT molecular complexity index is 670. The quantitative estimate of drug-likeness (QED) is 0.872. The predicted molar refractivity (Wildman–Crippen MR) is 90.9 cm³/mol. The third-order valence-corrected chi connectivity index (χ3v) is 5.66. The summed E-state index contributed by atoms with van der Waals surface area (Å²) in [6, 6.07) is 7.08. The van der Waals surface area contributed by atoms with Crippen LogP contribution in [0.3, 0.4) is 0 Å². The van der Waals surface area contributed by atoms with Crippen molar-refractivity contribution in [2.45, 2.75) is 46.6 Å². The molecule has 0 bridgehead atoms. The van der Waals surface area contributed by atoms with Gasteiger partial charge >= 0.3 is 0 Å². The standard InChI is InChI=1S/C18H24N2S/c1-11-6-7-12(2)13(8-11)17-20-15-10-18(3,4)9-14(19-5)16(15)21-17/h6-8,14,19H,9-10H2,1-5H3. The Hall–Kier alpha value is -1.19. The first-order chi connectivity index (χ1) is 9.89. The third-order valence-electron chi connectivity index (χ3n) is 4.42. The molecule has 1 aliphatic carbocycles. The Morgan fingerprint density at radius 2 is 2.05 bits per heavy atom. The highest BCUT2D eigenvalue weighted by Crippen LogP contribution is 2.45. The smallest absolute Gasteiger partial charge is 0.124 e. The lowest BCUT2D eigenvalue weighted by atomic mass is 9.76. The summed E-state index contributed by atoms with van der Waals surface area (Å²) in [4.78, 5) is 6.43. The fourth-order valence-corrected chi connectivity index (χ4v) is 4.52. The zero-order valence-corrected chi connectivity index (χ0v) is 14.4. The molecule has 1 aromatic carbocycles. The predicted octanol–water partition coefficient (Wildman–Crippen LogP) is 4.66. The van der Waals surface area contributed by atoms with Gasteiger partial charge in [0.1, 0.15) is 5.01 Å². The fraction of sp³-hybridized carbons (Fsp3) is 0.500. The van der Waals surface area contributed by atoms with Gasteiger partial charge in [0, 0.05) is 16.5 Å². The Kier molecular flexibility index (Phi) is 3.66. The van der Waals surface area contributed by atoms with Crippen molar-refractivity contribution < 1.29 is 0 Å². The van der Waals surface area contributed by atoms with Crippen molar-refractivity contribution in [3.63, 3.8) is 0 Å². The van der Waals surface area contributed by atoms with E-state index in [0.717, 1.165) is 6.42 Å². The first-order valence-corrected chi connectivity index (χ1v) is 8.46. The van der Waals surface area contributed by atoms with Crippen LogP contribution in [0, 0.1) is 19.3 Å².